The van der Waals surface area contributed by atoms with Gasteiger partial charge in [0.05, 0.1) is 0 Å². The molecule has 0 bridgehead atoms. The first-order valence-electron chi connectivity index (χ1n) is 4.32. The molecule has 80 valence electrons. The third-order valence-electron chi connectivity index (χ3n) is 1.77. The first kappa shape index (κ1) is 13.0. The van der Waals surface area contributed by atoms with Crippen LogP contribution in [0.4, 0.5) is 0 Å². The second-order valence-corrected chi connectivity index (χ2v) is 3.81. The van der Waals surface area contributed by atoms with Gasteiger partial charge in [-0.2, -0.15) is 0 Å². The Morgan fingerprint density at radius 2 is 2.15 bits per heavy atom. The summed E-state index contributed by atoms with van der Waals surface area (Å²) in [6, 6.07) is 0. The van der Waals surface area contributed by atoms with Crippen LogP contribution in [0.5, 0.6) is 0 Å². The maximum absolute atomic E-state index is 10.3. The van der Waals surface area contributed by atoms with E-state index in [4.69, 9.17) is 0 Å². The average molecular weight is 209 g/mol. The zero-order valence-electron chi connectivity index (χ0n) is 8.00. The maximum Gasteiger partial charge on any atom is 0.128 e. The van der Waals surface area contributed by atoms with Crippen molar-refractivity contribution in [2.24, 2.45) is 0 Å². The van der Waals surface area contributed by atoms with Gasteiger partial charge in [0.25, 0.3) is 0 Å². The van der Waals surface area contributed by atoms with E-state index in [9.17, 15) is 13.9 Å². The quantitative estimate of drug-likeness (QED) is 0.298. The minimum atomic E-state index is -2.10. The highest BCUT2D eigenvalue weighted by molar-refractivity contribution is 7.79. The number of rotatable bonds is 7. The van der Waals surface area contributed by atoms with Crippen molar-refractivity contribution in [1.29, 1.82) is 0 Å². The molecule has 0 heterocycles. The lowest BCUT2D eigenvalue weighted by Crippen LogP contribution is -2.52. The monoisotopic (exact) mass is 209 g/mol. The van der Waals surface area contributed by atoms with Gasteiger partial charge >= 0.3 is 0 Å². The molecule has 2 unspecified atom stereocenters. The van der Waals surface area contributed by atoms with Crippen molar-refractivity contribution in [3.8, 4) is 0 Å². The predicted molar refractivity (Wildman–Crippen MR) is 50.5 cm³/mol. The third-order valence-corrected chi connectivity index (χ3v) is 2.30. The predicted octanol–water partition coefficient (Wildman–Crippen LogP) is -0.532. The Labute approximate surface area is 81.2 Å². The fourth-order valence-electron chi connectivity index (χ4n) is 0.833. The minimum Gasteiger partial charge on any atom is -0.772 e. The van der Waals surface area contributed by atoms with Crippen LogP contribution in [0.15, 0.2) is 0 Å². The van der Waals surface area contributed by atoms with Crippen LogP contribution in [0.25, 0.3) is 0 Å². The molecule has 0 aliphatic carbocycles. The summed E-state index contributed by atoms with van der Waals surface area (Å²) in [6.07, 6.45) is 0.643. The Morgan fingerprint density at radius 3 is 2.54 bits per heavy atom. The largest absolute Gasteiger partial charge is 0.772 e. The summed E-state index contributed by atoms with van der Waals surface area (Å²) in [5.74, 6) is -0.0390. The fraction of sp³-hybridized carbons (Fsp3) is 1.00. The molecule has 0 rings (SSSR count). The zero-order valence-corrected chi connectivity index (χ0v) is 8.82. The zero-order chi connectivity index (χ0) is 10.3. The molecular formula is C7H17N2O3S-. The molecule has 0 spiro atoms. The van der Waals surface area contributed by atoms with Crippen molar-refractivity contribution < 1.29 is 13.9 Å². The van der Waals surface area contributed by atoms with Gasteiger partial charge in [0.15, 0.2) is 0 Å². The molecule has 3 N–H and O–H groups in total. The third kappa shape index (κ3) is 6.11. The van der Waals surface area contributed by atoms with E-state index in [1.165, 1.54) is 0 Å². The Balaban J connectivity index is 3.87. The molecule has 0 fully saturated rings. The highest BCUT2D eigenvalue weighted by atomic mass is 32.2. The van der Waals surface area contributed by atoms with E-state index in [2.05, 4.69) is 10.9 Å². The molecule has 6 heteroatoms. The Morgan fingerprint density at radius 1 is 1.54 bits per heavy atom. The second kappa shape index (κ2) is 6.44. The summed E-state index contributed by atoms with van der Waals surface area (Å²) in [7, 11) is 0. The number of aliphatic hydroxyl groups is 1. The van der Waals surface area contributed by atoms with E-state index in [1.807, 2.05) is 6.92 Å². The summed E-state index contributed by atoms with van der Waals surface area (Å²) < 4.78 is 20.6. The lowest BCUT2D eigenvalue weighted by molar-refractivity contribution is -0.0148. The highest BCUT2D eigenvalue weighted by Crippen LogP contribution is 2.10. The Bertz CT molecular complexity index is 168. The van der Waals surface area contributed by atoms with E-state index in [1.54, 1.807) is 6.92 Å². The number of nitrogens with one attached hydrogen (secondary N) is 2. The molecule has 5 nitrogen and oxygen atoms in total. The smallest absolute Gasteiger partial charge is 0.128 e. The van der Waals surface area contributed by atoms with Crippen LogP contribution in [0.3, 0.4) is 0 Å². The van der Waals surface area contributed by atoms with Crippen molar-refractivity contribution in [3.05, 3.63) is 0 Å². The molecule has 2 atom stereocenters. The van der Waals surface area contributed by atoms with Crippen molar-refractivity contribution in [1.82, 2.24) is 10.9 Å². The van der Waals surface area contributed by atoms with E-state index in [0.717, 1.165) is 0 Å². The van der Waals surface area contributed by atoms with Gasteiger partial charge in [-0.25, -0.2) is 5.43 Å². The van der Waals surface area contributed by atoms with E-state index >= 15 is 0 Å². The number of hydrazine groups is 1. The second-order valence-electron chi connectivity index (χ2n) is 2.80. The fourth-order valence-corrected chi connectivity index (χ4v) is 1.34. The SMILES string of the molecule is CCNNC(O)(CC)CCS(=O)[O-]. The van der Waals surface area contributed by atoms with Gasteiger partial charge < -0.3 is 9.66 Å². The van der Waals surface area contributed by atoms with Crippen molar-refractivity contribution in [2.75, 3.05) is 12.3 Å². The maximum atomic E-state index is 10.3. The molecule has 0 radical (unpaired) electrons. The molecule has 13 heavy (non-hydrogen) atoms. The molecule has 0 aliphatic heterocycles. The summed E-state index contributed by atoms with van der Waals surface area (Å²) >= 11 is -2.10. The van der Waals surface area contributed by atoms with Crippen LogP contribution in [0.1, 0.15) is 26.7 Å². The highest BCUT2D eigenvalue weighted by Gasteiger charge is 2.22. The van der Waals surface area contributed by atoms with Crippen molar-refractivity contribution in [2.45, 2.75) is 32.4 Å². The normalized spacial score (nSPS) is 18.2. The minimum absolute atomic E-state index is 0.0390. The van der Waals surface area contributed by atoms with Gasteiger partial charge in [-0.15, -0.1) is 0 Å². The molecule has 0 aliphatic rings. The lowest BCUT2D eigenvalue weighted by Gasteiger charge is -2.28. The Kier molecular flexibility index (Phi) is 6.44. The molecule has 0 amide bonds. The van der Waals surface area contributed by atoms with Crippen molar-refractivity contribution >= 4 is 11.1 Å². The van der Waals surface area contributed by atoms with Gasteiger partial charge in [0.2, 0.25) is 0 Å². The Hall–Kier alpha value is -0.0100. The van der Waals surface area contributed by atoms with E-state index in [-0.39, 0.29) is 12.2 Å². The van der Waals surface area contributed by atoms with Crippen molar-refractivity contribution in [3.63, 3.8) is 0 Å². The molecule has 0 aromatic rings. The summed E-state index contributed by atoms with van der Waals surface area (Å²) in [4.78, 5) is 0. The van der Waals surface area contributed by atoms with Gasteiger partial charge in [-0.1, -0.05) is 24.9 Å². The average Bonchev–Trinajstić information content (AvgIpc) is 2.11. The van der Waals surface area contributed by atoms with Gasteiger partial charge in [-0.3, -0.25) is 9.63 Å². The summed E-state index contributed by atoms with van der Waals surface area (Å²) in [5.41, 5.74) is 4.32. The number of hydrogen-bond acceptors (Lipinski definition) is 5. The van der Waals surface area contributed by atoms with Crippen LogP contribution in [-0.4, -0.2) is 31.9 Å². The van der Waals surface area contributed by atoms with E-state index < -0.39 is 16.8 Å². The number of hydrogen-bond donors (Lipinski definition) is 3. The topological polar surface area (TPSA) is 84.4 Å². The first-order chi connectivity index (χ1) is 6.04. The first-order valence-corrected chi connectivity index (χ1v) is 5.56. The summed E-state index contributed by atoms with van der Waals surface area (Å²) in [6.45, 7) is 4.34. The van der Waals surface area contributed by atoms with E-state index in [0.29, 0.717) is 13.0 Å². The summed E-state index contributed by atoms with van der Waals surface area (Å²) in [5, 5.41) is 9.75. The van der Waals surface area contributed by atoms with Crippen LogP contribution in [0.2, 0.25) is 0 Å². The lowest BCUT2D eigenvalue weighted by atomic mass is 10.1. The van der Waals surface area contributed by atoms with Gasteiger partial charge in [-0.05, 0) is 6.42 Å². The molecule has 0 saturated carbocycles. The van der Waals surface area contributed by atoms with Crippen LogP contribution in [0, 0.1) is 0 Å². The molecular weight excluding hydrogens is 192 g/mol. The molecule has 0 aromatic heterocycles. The van der Waals surface area contributed by atoms with Crippen LogP contribution in [-0.2, 0) is 11.1 Å². The van der Waals surface area contributed by atoms with Crippen LogP contribution >= 0.6 is 0 Å². The van der Waals surface area contributed by atoms with Gasteiger partial charge in [0.1, 0.15) is 5.72 Å². The molecule has 0 aromatic carbocycles. The van der Waals surface area contributed by atoms with Crippen LogP contribution < -0.4 is 10.9 Å². The molecule has 0 saturated heterocycles. The van der Waals surface area contributed by atoms with Gasteiger partial charge in [0, 0.05) is 18.7 Å². The standard InChI is InChI=1S/C7H18N2O3S/c1-3-7(10,9-8-4-2)5-6-13(11)12/h8-10H,3-6H2,1-2H3,(H,11,12)/p-1.